The van der Waals surface area contributed by atoms with Crippen molar-refractivity contribution in [2.24, 2.45) is 0 Å². The molecule has 0 unspecified atom stereocenters. The number of rotatable bonds is 3. The molecule has 2 aromatic rings. The monoisotopic (exact) mass is 312 g/mol. The molecule has 0 fully saturated rings. The highest BCUT2D eigenvalue weighted by molar-refractivity contribution is 6.33. The molecule has 0 aliphatic carbocycles. The number of methoxy groups -OCH3 is 2. The molecule has 0 saturated heterocycles. The van der Waals surface area contributed by atoms with Crippen molar-refractivity contribution in [3.05, 3.63) is 40.1 Å². The number of halogens is 2. The number of carbonyl (C=O) groups is 1. The van der Waals surface area contributed by atoms with E-state index < -0.39 is 5.97 Å². The fourth-order valence-electron chi connectivity index (χ4n) is 1.60. The van der Waals surface area contributed by atoms with E-state index in [-0.39, 0.29) is 10.7 Å². The minimum Gasteiger partial charge on any atom is -0.481 e. The lowest BCUT2D eigenvalue weighted by Crippen LogP contribution is -2.06. The summed E-state index contributed by atoms with van der Waals surface area (Å²) in [6.07, 6.45) is 1.46. The first-order chi connectivity index (χ1) is 9.56. The highest BCUT2D eigenvalue weighted by Gasteiger charge is 2.16. The Morgan fingerprint density at radius 3 is 2.65 bits per heavy atom. The minimum atomic E-state index is -0.620. The molecule has 2 aromatic heterocycles. The van der Waals surface area contributed by atoms with Crippen LogP contribution in [0.1, 0.15) is 10.5 Å². The number of nitrogens with zero attached hydrogens (tertiary/aromatic N) is 2. The van der Waals surface area contributed by atoms with Gasteiger partial charge < -0.3 is 9.47 Å². The topological polar surface area (TPSA) is 61.3 Å². The van der Waals surface area contributed by atoms with Gasteiger partial charge in [-0.3, -0.25) is 0 Å². The van der Waals surface area contributed by atoms with Gasteiger partial charge in [-0.05, 0) is 18.2 Å². The highest BCUT2D eigenvalue weighted by atomic mass is 35.5. The number of pyridine rings is 2. The summed E-state index contributed by atoms with van der Waals surface area (Å²) in [6.45, 7) is 0. The van der Waals surface area contributed by atoms with Crippen LogP contribution < -0.4 is 4.74 Å². The van der Waals surface area contributed by atoms with Gasteiger partial charge >= 0.3 is 5.97 Å². The fraction of sp³-hybridized carbons (Fsp3) is 0.154. The summed E-state index contributed by atoms with van der Waals surface area (Å²) in [6, 6.07) is 4.84. The normalized spacial score (nSPS) is 10.2. The van der Waals surface area contributed by atoms with E-state index in [1.807, 2.05) is 0 Å². The van der Waals surface area contributed by atoms with Gasteiger partial charge in [0.2, 0.25) is 5.88 Å². The zero-order valence-corrected chi connectivity index (χ0v) is 12.2. The molecule has 0 amide bonds. The number of carbonyl (C=O) groups excluding carboxylic acids is 1. The summed E-state index contributed by atoms with van der Waals surface area (Å²) >= 11 is 11.8. The number of aromatic nitrogens is 2. The zero-order valence-electron chi connectivity index (χ0n) is 10.7. The predicted molar refractivity (Wildman–Crippen MR) is 75.4 cm³/mol. The van der Waals surface area contributed by atoms with E-state index >= 15 is 0 Å². The largest absolute Gasteiger partial charge is 0.481 e. The summed E-state index contributed by atoms with van der Waals surface area (Å²) in [4.78, 5) is 19.8. The van der Waals surface area contributed by atoms with Gasteiger partial charge in [0, 0.05) is 6.20 Å². The maximum absolute atomic E-state index is 11.6. The van der Waals surface area contributed by atoms with Crippen LogP contribution >= 0.6 is 23.2 Å². The fourth-order valence-corrected chi connectivity index (χ4v) is 1.95. The van der Waals surface area contributed by atoms with Crippen molar-refractivity contribution in [3.8, 4) is 17.1 Å². The van der Waals surface area contributed by atoms with E-state index in [1.165, 1.54) is 20.4 Å². The lowest BCUT2D eigenvalue weighted by atomic mass is 10.1. The van der Waals surface area contributed by atoms with Crippen molar-refractivity contribution < 1.29 is 14.3 Å². The Hall–Kier alpha value is -1.85. The predicted octanol–water partition coefficient (Wildman–Crippen LogP) is 3.25. The Labute approximate surface area is 125 Å². The van der Waals surface area contributed by atoms with Crippen LogP contribution in [0, 0.1) is 0 Å². The van der Waals surface area contributed by atoms with Crippen LogP contribution in [-0.4, -0.2) is 30.2 Å². The molecular weight excluding hydrogens is 303 g/mol. The first kappa shape index (κ1) is 14.6. The summed E-state index contributed by atoms with van der Waals surface area (Å²) < 4.78 is 9.78. The van der Waals surface area contributed by atoms with E-state index in [1.54, 1.807) is 18.2 Å². The summed E-state index contributed by atoms with van der Waals surface area (Å²) in [5, 5.41) is 0.631. The molecule has 0 bridgehead atoms. The molecule has 0 aromatic carbocycles. The standard InChI is InChI=1S/C13H10Cl2N2O3/c1-19-12-8(5-7(14)6-16-12)10-4-3-9(15)11(17-10)13(18)20-2/h3-6H,1-2H3. The Balaban J connectivity index is 2.59. The Morgan fingerprint density at radius 1 is 1.25 bits per heavy atom. The second-order valence-electron chi connectivity index (χ2n) is 3.73. The van der Waals surface area contributed by atoms with Gasteiger partial charge in [-0.1, -0.05) is 23.2 Å². The van der Waals surface area contributed by atoms with E-state index in [9.17, 15) is 4.79 Å². The van der Waals surface area contributed by atoms with Crippen molar-refractivity contribution in [2.75, 3.05) is 14.2 Å². The minimum absolute atomic E-state index is 0.0219. The molecular formula is C13H10Cl2N2O3. The van der Waals surface area contributed by atoms with E-state index in [2.05, 4.69) is 14.7 Å². The van der Waals surface area contributed by atoms with Gasteiger partial charge in [-0.25, -0.2) is 14.8 Å². The van der Waals surface area contributed by atoms with Crippen molar-refractivity contribution in [1.29, 1.82) is 0 Å². The van der Waals surface area contributed by atoms with Crippen molar-refractivity contribution in [3.63, 3.8) is 0 Å². The first-order valence-electron chi connectivity index (χ1n) is 5.51. The van der Waals surface area contributed by atoms with Crippen LogP contribution in [0.4, 0.5) is 0 Å². The van der Waals surface area contributed by atoms with E-state index in [0.717, 1.165) is 0 Å². The Kier molecular flexibility index (Phi) is 4.42. The first-order valence-corrected chi connectivity index (χ1v) is 6.27. The van der Waals surface area contributed by atoms with Gasteiger partial charge in [0.25, 0.3) is 0 Å². The van der Waals surface area contributed by atoms with Crippen molar-refractivity contribution >= 4 is 29.2 Å². The van der Waals surface area contributed by atoms with E-state index in [4.69, 9.17) is 27.9 Å². The van der Waals surface area contributed by atoms with Crippen molar-refractivity contribution in [2.45, 2.75) is 0 Å². The summed E-state index contributed by atoms with van der Waals surface area (Å²) in [7, 11) is 2.74. The Morgan fingerprint density at radius 2 is 2.00 bits per heavy atom. The van der Waals surface area contributed by atoms with Gasteiger partial charge in [0.15, 0.2) is 5.69 Å². The van der Waals surface area contributed by atoms with Crippen LogP contribution in [-0.2, 0) is 4.74 Å². The molecule has 104 valence electrons. The SMILES string of the molecule is COC(=O)c1nc(-c2cc(Cl)cnc2OC)ccc1Cl. The maximum atomic E-state index is 11.6. The molecule has 20 heavy (non-hydrogen) atoms. The molecule has 2 heterocycles. The van der Waals surface area contributed by atoms with Crippen LogP contribution in [0.3, 0.4) is 0 Å². The third-order valence-electron chi connectivity index (χ3n) is 2.51. The summed E-state index contributed by atoms with van der Waals surface area (Å²) in [5.41, 5.74) is 1.04. The number of ether oxygens (including phenoxy) is 2. The highest BCUT2D eigenvalue weighted by Crippen LogP contribution is 2.30. The lowest BCUT2D eigenvalue weighted by molar-refractivity contribution is 0.0594. The molecule has 2 rings (SSSR count). The van der Waals surface area contributed by atoms with Gasteiger partial charge in [-0.15, -0.1) is 0 Å². The number of hydrogen-bond donors (Lipinski definition) is 0. The van der Waals surface area contributed by atoms with Gasteiger partial charge in [0.05, 0.1) is 35.5 Å². The Bertz CT molecular complexity index is 662. The van der Waals surface area contributed by atoms with Gasteiger partial charge in [-0.2, -0.15) is 0 Å². The molecule has 0 N–H and O–H groups in total. The molecule has 0 saturated carbocycles. The van der Waals surface area contributed by atoms with E-state index in [0.29, 0.717) is 22.2 Å². The smallest absolute Gasteiger partial charge is 0.358 e. The third-order valence-corrected chi connectivity index (χ3v) is 3.02. The lowest BCUT2D eigenvalue weighted by Gasteiger charge is -2.09. The molecule has 7 heteroatoms. The van der Waals surface area contributed by atoms with Crippen LogP contribution in [0.25, 0.3) is 11.3 Å². The van der Waals surface area contributed by atoms with Crippen molar-refractivity contribution in [1.82, 2.24) is 9.97 Å². The van der Waals surface area contributed by atoms with Gasteiger partial charge in [0.1, 0.15) is 0 Å². The second-order valence-corrected chi connectivity index (χ2v) is 4.57. The molecule has 0 radical (unpaired) electrons. The maximum Gasteiger partial charge on any atom is 0.358 e. The molecule has 0 atom stereocenters. The second kappa shape index (κ2) is 6.07. The summed E-state index contributed by atoms with van der Waals surface area (Å²) in [5.74, 6) is -0.272. The zero-order chi connectivity index (χ0) is 14.7. The molecule has 0 spiro atoms. The number of hydrogen-bond acceptors (Lipinski definition) is 5. The average Bonchev–Trinajstić information content (AvgIpc) is 2.47. The molecule has 5 nitrogen and oxygen atoms in total. The van der Waals surface area contributed by atoms with Crippen LogP contribution in [0.5, 0.6) is 5.88 Å². The molecule has 0 aliphatic rings. The number of esters is 1. The quantitative estimate of drug-likeness (QED) is 0.814. The van der Waals surface area contributed by atoms with Crippen LogP contribution in [0.15, 0.2) is 24.4 Å². The van der Waals surface area contributed by atoms with Crippen LogP contribution in [0.2, 0.25) is 10.0 Å². The molecule has 0 aliphatic heterocycles. The third kappa shape index (κ3) is 2.84. The average molecular weight is 313 g/mol.